The average molecular weight is 421 g/mol. The molecule has 1 spiro atoms. The minimum atomic E-state index is -1.36. The van der Waals surface area contributed by atoms with E-state index in [-0.39, 0.29) is 58.5 Å². The lowest BCUT2D eigenvalue weighted by Gasteiger charge is -2.65. The Morgan fingerprint density at radius 2 is 1.63 bits per heavy atom. The van der Waals surface area contributed by atoms with E-state index in [0.717, 1.165) is 19.3 Å². The minimum absolute atomic E-state index is 0.0563. The van der Waals surface area contributed by atoms with Crippen molar-refractivity contribution in [3.63, 3.8) is 0 Å². The molecule has 0 amide bonds. The van der Waals surface area contributed by atoms with Crippen LogP contribution in [-0.2, 0) is 23.9 Å². The molecule has 0 aromatic rings. The molecule has 4 rings (SSSR count). The average Bonchev–Trinajstić information content (AvgIpc) is 2.75. The van der Waals surface area contributed by atoms with Crippen LogP contribution in [0.15, 0.2) is 0 Å². The predicted molar refractivity (Wildman–Crippen MR) is 109 cm³/mol. The zero-order chi connectivity index (χ0) is 22.3. The van der Waals surface area contributed by atoms with Gasteiger partial charge in [0.25, 0.3) is 0 Å². The summed E-state index contributed by atoms with van der Waals surface area (Å²) in [6.45, 7) is 11.1. The van der Waals surface area contributed by atoms with Crippen LogP contribution in [0.3, 0.4) is 0 Å². The molecule has 1 N–H and O–H groups in total. The fraction of sp³-hybridized carbons (Fsp3) is 0.875. The summed E-state index contributed by atoms with van der Waals surface area (Å²) in [4.78, 5) is 37.3. The van der Waals surface area contributed by atoms with Crippen molar-refractivity contribution in [2.24, 2.45) is 34.0 Å². The Morgan fingerprint density at radius 1 is 1.00 bits per heavy atom. The zero-order valence-corrected chi connectivity index (χ0v) is 19.1. The van der Waals surface area contributed by atoms with Gasteiger partial charge in [-0.2, -0.15) is 0 Å². The summed E-state index contributed by atoms with van der Waals surface area (Å²) in [7, 11) is 0. The fourth-order valence-corrected chi connectivity index (χ4v) is 8.48. The van der Waals surface area contributed by atoms with E-state index in [2.05, 4.69) is 20.8 Å². The molecule has 1 unspecified atom stereocenters. The van der Waals surface area contributed by atoms with E-state index in [1.165, 1.54) is 13.8 Å². The van der Waals surface area contributed by atoms with E-state index in [0.29, 0.717) is 19.3 Å². The molecule has 4 aliphatic rings. The van der Waals surface area contributed by atoms with Crippen molar-refractivity contribution >= 4 is 17.7 Å². The molecule has 6 heteroatoms. The van der Waals surface area contributed by atoms with Crippen LogP contribution < -0.4 is 0 Å². The molecule has 0 aliphatic heterocycles. The number of ether oxygens (including phenoxy) is 2. The van der Waals surface area contributed by atoms with Crippen molar-refractivity contribution in [3.05, 3.63) is 0 Å². The number of hydrogen-bond acceptors (Lipinski definition) is 6. The van der Waals surface area contributed by atoms with Gasteiger partial charge in [0, 0.05) is 30.6 Å². The highest BCUT2D eigenvalue weighted by Gasteiger charge is 2.74. The van der Waals surface area contributed by atoms with Crippen LogP contribution in [0.1, 0.15) is 80.1 Å². The molecule has 0 saturated heterocycles. The normalized spacial score (nSPS) is 49.0. The Morgan fingerprint density at radius 3 is 2.23 bits per heavy atom. The Hall–Kier alpha value is -1.43. The first-order valence-corrected chi connectivity index (χ1v) is 11.4. The van der Waals surface area contributed by atoms with E-state index >= 15 is 0 Å². The SMILES string of the molecule is CC(=O)O[C@H]1C[C@H]2C[C@@]3(CCC4C(C)(C)[C@H](OC(C)=O)CC[C@@]4(C)[C@H]13)C(=O)[C@@]2(C)O. The Balaban J connectivity index is 1.79. The topological polar surface area (TPSA) is 89.9 Å². The van der Waals surface area contributed by atoms with Crippen LogP contribution in [0, 0.1) is 34.0 Å². The predicted octanol–water partition coefficient (Wildman–Crippen LogP) is 3.43. The van der Waals surface area contributed by atoms with Gasteiger partial charge in [-0.05, 0) is 62.7 Å². The number of hydrogen-bond donors (Lipinski definition) is 1. The number of rotatable bonds is 2. The second-order valence-corrected chi connectivity index (χ2v) is 11.5. The second kappa shape index (κ2) is 6.54. The third-order valence-electron chi connectivity index (χ3n) is 9.49. The van der Waals surface area contributed by atoms with Crippen LogP contribution in [0.2, 0.25) is 0 Å². The molecule has 0 radical (unpaired) electrons. The molecule has 4 fully saturated rings. The first kappa shape index (κ1) is 21.8. The van der Waals surface area contributed by atoms with Gasteiger partial charge in [0.1, 0.15) is 17.8 Å². The smallest absolute Gasteiger partial charge is 0.302 e. The quantitative estimate of drug-likeness (QED) is 0.689. The molecule has 6 nitrogen and oxygen atoms in total. The summed E-state index contributed by atoms with van der Waals surface area (Å²) in [5, 5.41) is 11.1. The molecule has 4 aliphatic carbocycles. The third kappa shape index (κ3) is 2.74. The van der Waals surface area contributed by atoms with E-state index in [1.807, 2.05) is 0 Å². The number of esters is 2. The van der Waals surface area contributed by atoms with E-state index < -0.39 is 11.0 Å². The Labute approximate surface area is 179 Å². The number of Topliss-reactive ketones (excluding diaryl/α,β-unsaturated/α-hetero) is 1. The van der Waals surface area contributed by atoms with Gasteiger partial charge in [-0.15, -0.1) is 0 Å². The van der Waals surface area contributed by atoms with Crippen LogP contribution in [0.5, 0.6) is 0 Å². The molecule has 2 bridgehead atoms. The standard InChI is InChI=1S/C24H36O6/c1-13(25)29-16-11-15-12-24(20(27)23(15,6)28)10-7-17-21(3,4)18(30-14(2)26)8-9-22(17,5)19(16)24/h15-19,28H,7-12H2,1-6H3/t15-,16-,17?,18+,19-,22+,23-,24+/m0/s1. The van der Waals surface area contributed by atoms with Crippen molar-refractivity contribution < 1.29 is 29.0 Å². The zero-order valence-electron chi connectivity index (χ0n) is 19.1. The largest absolute Gasteiger partial charge is 0.462 e. The van der Waals surface area contributed by atoms with Crippen LogP contribution in [-0.4, -0.2) is 40.6 Å². The number of carbonyl (C=O) groups excluding carboxylic acids is 3. The highest BCUT2D eigenvalue weighted by molar-refractivity contribution is 5.96. The summed E-state index contributed by atoms with van der Waals surface area (Å²) in [5.74, 6) is -0.712. The minimum Gasteiger partial charge on any atom is -0.462 e. The van der Waals surface area contributed by atoms with Crippen LogP contribution >= 0.6 is 0 Å². The first-order chi connectivity index (χ1) is 13.8. The number of carbonyl (C=O) groups is 3. The van der Waals surface area contributed by atoms with Gasteiger partial charge in [0.05, 0.1) is 0 Å². The van der Waals surface area contributed by atoms with Gasteiger partial charge in [-0.25, -0.2) is 0 Å². The summed E-state index contributed by atoms with van der Waals surface area (Å²) in [5.41, 5.74) is -2.48. The molecular formula is C24H36O6. The molecule has 4 saturated carbocycles. The van der Waals surface area contributed by atoms with E-state index in [4.69, 9.17) is 9.47 Å². The Kier molecular flexibility index (Phi) is 4.75. The van der Waals surface area contributed by atoms with Gasteiger partial charge >= 0.3 is 11.9 Å². The molecule has 0 heterocycles. The Bertz CT molecular complexity index is 785. The maximum atomic E-state index is 13.6. The van der Waals surface area contributed by atoms with Crippen LogP contribution in [0.4, 0.5) is 0 Å². The van der Waals surface area contributed by atoms with Crippen molar-refractivity contribution in [1.29, 1.82) is 0 Å². The van der Waals surface area contributed by atoms with E-state index in [1.54, 1.807) is 6.92 Å². The number of ketones is 1. The fourth-order valence-electron chi connectivity index (χ4n) is 8.48. The summed E-state index contributed by atoms with van der Waals surface area (Å²) in [6, 6.07) is 0. The second-order valence-electron chi connectivity index (χ2n) is 11.5. The lowest BCUT2D eigenvalue weighted by atomic mass is 9.40. The van der Waals surface area contributed by atoms with Crippen molar-refractivity contribution in [2.45, 2.75) is 97.9 Å². The van der Waals surface area contributed by atoms with Gasteiger partial charge < -0.3 is 14.6 Å². The van der Waals surface area contributed by atoms with Gasteiger partial charge in [0.2, 0.25) is 0 Å². The lowest BCUT2D eigenvalue weighted by Crippen LogP contribution is -2.64. The first-order valence-electron chi connectivity index (χ1n) is 11.4. The number of fused-ring (bicyclic) bond motifs is 3. The molecule has 30 heavy (non-hydrogen) atoms. The maximum absolute atomic E-state index is 13.6. The molecule has 0 aromatic carbocycles. The molecule has 0 aromatic heterocycles. The van der Waals surface area contributed by atoms with Crippen LogP contribution in [0.25, 0.3) is 0 Å². The molecule has 8 atom stereocenters. The van der Waals surface area contributed by atoms with Gasteiger partial charge in [-0.1, -0.05) is 20.8 Å². The highest BCUT2D eigenvalue weighted by atomic mass is 16.5. The summed E-state index contributed by atoms with van der Waals surface area (Å²) >= 11 is 0. The number of aliphatic hydroxyl groups is 1. The summed E-state index contributed by atoms with van der Waals surface area (Å²) < 4.78 is 11.6. The van der Waals surface area contributed by atoms with Gasteiger partial charge in [-0.3, -0.25) is 14.4 Å². The molecular weight excluding hydrogens is 384 g/mol. The summed E-state index contributed by atoms with van der Waals surface area (Å²) in [6.07, 6.45) is 3.76. The van der Waals surface area contributed by atoms with Crippen molar-refractivity contribution in [2.75, 3.05) is 0 Å². The third-order valence-corrected chi connectivity index (χ3v) is 9.49. The molecule has 168 valence electrons. The lowest BCUT2D eigenvalue weighted by molar-refractivity contribution is -0.221. The van der Waals surface area contributed by atoms with Crippen molar-refractivity contribution in [3.8, 4) is 0 Å². The maximum Gasteiger partial charge on any atom is 0.302 e. The van der Waals surface area contributed by atoms with E-state index in [9.17, 15) is 19.5 Å². The van der Waals surface area contributed by atoms with Gasteiger partial charge in [0.15, 0.2) is 5.78 Å². The van der Waals surface area contributed by atoms with Crippen molar-refractivity contribution in [1.82, 2.24) is 0 Å². The monoisotopic (exact) mass is 420 g/mol. The highest BCUT2D eigenvalue weighted by Crippen LogP contribution is 2.72.